The Morgan fingerprint density at radius 3 is 2.57 bits per heavy atom. The molecule has 0 heterocycles. The van der Waals surface area contributed by atoms with E-state index in [4.69, 9.17) is 0 Å². The fraction of sp³-hybridized carbons (Fsp3) is 0.267. The zero-order valence-corrected chi connectivity index (χ0v) is 12.5. The summed E-state index contributed by atoms with van der Waals surface area (Å²) >= 11 is 0. The van der Waals surface area contributed by atoms with E-state index in [1.165, 1.54) is 7.11 Å². The van der Waals surface area contributed by atoms with Gasteiger partial charge in [0.2, 0.25) is 10.0 Å². The lowest BCUT2D eigenvalue weighted by atomic mass is 10.1. The second kappa shape index (κ2) is 6.58. The molecule has 2 aromatic rings. The second-order valence-electron chi connectivity index (χ2n) is 4.66. The van der Waals surface area contributed by atoms with E-state index in [1.54, 1.807) is 12.1 Å². The SMILES string of the molecule is COC(=O)CCCS(=O)(=O)Nc1ccc2ccccc2c1. The minimum atomic E-state index is -3.46. The fourth-order valence-corrected chi connectivity index (χ4v) is 3.10. The van der Waals surface area contributed by atoms with Gasteiger partial charge in [-0.1, -0.05) is 30.3 Å². The molecule has 0 spiro atoms. The standard InChI is InChI=1S/C15H17NO4S/c1-20-15(17)7-4-10-21(18,19)16-14-9-8-12-5-2-3-6-13(12)11-14/h2-3,5-6,8-9,11,16H,4,7,10H2,1H3. The molecule has 0 radical (unpaired) electrons. The summed E-state index contributed by atoms with van der Waals surface area (Å²) in [4.78, 5) is 11.0. The molecule has 0 aliphatic rings. The third-order valence-corrected chi connectivity index (χ3v) is 4.42. The molecular weight excluding hydrogens is 290 g/mol. The summed E-state index contributed by atoms with van der Waals surface area (Å²) in [5.74, 6) is -0.523. The molecule has 0 amide bonds. The summed E-state index contributed by atoms with van der Waals surface area (Å²) in [5.41, 5.74) is 0.520. The molecule has 0 aliphatic heterocycles. The topological polar surface area (TPSA) is 72.5 Å². The van der Waals surface area contributed by atoms with Gasteiger partial charge >= 0.3 is 5.97 Å². The number of benzene rings is 2. The highest BCUT2D eigenvalue weighted by Gasteiger charge is 2.12. The number of esters is 1. The minimum Gasteiger partial charge on any atom is -0.469 e. The lowest BCUT2D eigenvalue weighted by Gasteiger charge is -2.08. The number of anilines is 1. The number of ether oxygens (including phenoxy) is 1. The zero-order chi connectivity index (χ0) is 15.3. The molecule has 0 saturated carbocycles. The van der Waals surface area contributed by atoms with Gasteiger partial charge in [-0.25, -0.2) is 8.42 Å². The van der Waals surface area contributed by atoms with E-state index in [1.807, 2.05) is 30.3 Å². The Hall–Kier alpha value is -2.08. The normalized spacial score (nSPS) is 11.3. The van der Waals surface area contributed by atoms with Crippen LogP contribution in [0.5, 0.6) is 0 Å². The Bertz CT molecular complexity index is 740. The number of hydrogen-bond donors (Lipinski definition) is 1. The predicted octanol–water partition coefficient (Wildman–Crippen LogP) is 2.53. The first-order chi connectivity index (χ1) is 10.00. The average molecular weight is 307 g/mol. The molecule has 0 aliphatic carbocycles. The van der Waals surface area contributed by atoms with Crippen LogP contribution in [0.2, 0.25) is 0 Å². The highest BCUT2D eigenvalue weighted by atomic mass is 32.2. The maximum Gasteiger partial charge on any atom is 0.305 e. The first-order valence-electron chi connectivity index (χ1n) is 6.56. The van der Waals surface area contributed by atoms with Crippen molar-refractivity contribution in [2.24, 2.45) is 0 Å². The zero-order valence-electron chi connectivity index (χ0n) is 11.7. The number of hydrogen-bond acceptors (Lipinski definition) is 4. The summed E-state index contributed by atoms with van der Waals surface area (Å²) in [7, 11) is -2.18. The summed E-state index contributed by atoms with van der Waals surface area (Å²) in [6.07, 6.45) is 0.324. The Balaban J connectivity index is 2.02. The van der Waals surface area contributed by atoms with E-state index >= 15 is 0 Å². The quantitative estimate of drug-likeness (QED) is 0.832. The number of fused-ring (bicyclic) bond motifs is 1. The van der Waals surface area contributed by atoms with Crippen LogP contribution in [0.4, 0.5) is 5.69 Å². The van der Waals surface area contributed by atoms with Crippen molar-refractivity contribution in [1.82, 2.24) is 0 Å². The molecular formula is C15H17NO4S. The van der Waals surface area contributed by atoms with Crippen LogP contribution in [-0.2, 0) is 19.6 Å². The van der Waals surface area contributed by atoms with E-state index in [0.29, 0.717) is 5.69 Å². The van der Waals surface area contributed by atoms with Crippen LogP contribution in [0, 0.1) is 0 Å². The Morgan fingerprint density at radius 2 is 1.86 bits per heavy atom. The molecule has 2 rings (SSSR count). The molecule has 2 aromatic carbocycles. The van der Waals surface area contributed by atoms with Crippen molar-refractivity contribution in [2.45, 2.75) is 12.8 Å². The molecule has 0 bridgehead atoms. The molecule has 5 nitrogen and oxygen atoms in total. The lowest BCUT2D eigenvalue weighted by Crippen LogP contribution is -2.17. The third-order valence-electron chi connectivity index (χ3n) is 3.04. The van der Waals surface area contributed by atoms with Crippen LogP contribution >= 0.6 is 0 Å². The van der Waals surface area contributed by atoms with Crippen LogP contribution in [0.25, 0.3) is 10.8 Å². The Morgan fingerprint density at radius 1 is 1.14 bits per heavy atom. The van der Waals surface area contributed by atoms with E-state index in [-0.39, 0.29) is 18.6 Å². The molecule has 6 heteroatoms. The largest absolute Gasteiger partial charge is 0.469 e. The molecule has 0 atom stereocenters. The Kier molecular flexibility index (Phi) is 4.80. The molecule has 1 N–H and O–H groups in total. The first kappa shape index (κ1) is 15.3. The average Bonchev–Trinajstić information content (AvgIpc) is 2.46. The first-order valence-corrected chi connectivity index (χ1v) is 8.21. The highest BCUT2D eigenvalue weighted by molar-refractivity contribution is 7.92. The van der Waals surface area contributed by atoms with Gasteiger partial charge in [0.25, 0.3) is 0 Å². The number of methoxy groups -OCH3 is 1. The molecule has 0 unspecified atom stereocenters. The maximum atomic E-state index is 11.9. The smallest absolute Gasteiger partial charge is 0.305 e. The summed E-state index contributed by atoms with van der Waals surface area (Å²) in [6.45, 7) is 0. The number of nitrogens with one attached hydrogen (secondary N) is 1. The van der Waals surface area contributed by atoms with Gasteiger partial charge < -0.3 is 4.74 Å². The molecule has 0 aromatic heterocycles. The fourth-order valence-electron chi connectivity index (χ4n) is 1.99. The van der Waals surface area contributed by atoms with Gasteiger partial charge in [-0.15, -0.1) is 0 Å². The van der Waals surface area contributed by atoms with Crippen molar-refractivity contribution in [3.05, 3.63) is 42.5 Å². The number of carbonyl (C=O) groups is 1. The van der Waals surface area contributed by atoms with Crippen molar-refractivity contribution in [3.63, 3.8) is 0 Å². The van der Waals surface area contributed by atoms with Gasteiger partial charge in [0, 0.05) is 12.1 Å². The van der Waals surface area contributed by atoms with Gasteiger partial charge in [0.15, 0.2) is 0 Å². The maximum absolute atomic E-state index is 11.9. The minimum absolute atomic E-state index is 0.0924. The summed E-state index contributed by atoms with van der Waals surface area (Å²) < 4.78 is 30.9. The van der Waals surface area contributed by atoms with Crippen LogP contribution in [0.15, 0.2) is 42.5 Å². The third kappa shape index (κ3) is 4.46. The summed E-state index contributed by atoms with van der Waals surface area (Å²) in [6, 6.07) is 13.1. The van der Waals surface area contributed by atoms with Crippen molar-refractivity contribution in [2.75, 3.05) is 17.6 Å². The lowest BCUT2D eigenvalue weighted by molar-refractivity contribution is -0.140. The van der Waals surface area contributed by atoms with Gasteiger partial charge in [-0.2, -0.15) is 0 Å². The van der Waals surface area contributed by atoms with Crippen molar-refractivity contribution in [1.29, 1.82) is 0 Å². The Labute approximate surface area is 124 Å². The van der Waals surface area contributed by atoms with Crippen LogP contribution in [-0.4, -0.2) is 27.2 Å². The van der Waals surface area contributed by atoms with Gasteiger partial charge in [0.05, 0.1) is 12.9 Å². The highest BCUT2D eigenvalue weighted by Crippen LogP contribution is 2.19. The predicted molar refractivity (Wildman–Crippen MR) is 82.6 cm³/mol. The molecule has 0 fully saturated rings. The molecule has 0 saturated heterocycles. The van der Waals surface area contributed by atoms with Crippen molar-refractivity contribution in [3.8, 4) is 0 Å². The molecule has 112 valence electrons. The van der Waals surface area contributed by atoms with Gasteiger partial charge in [0.1, 0.15) is 0 Å². The second-order valence-corrected chi connectivity index (χ2v) is 6.50. The number of carbonyl (C=O) groups excluding carboxylic acids is 1. The summed E-state index contributed by atoms with van der Waals surface area (Å²) in [5, 5.41) is 2.01. The monoisotopic (exact) mass is 307 g/mol. The number of sulfonamides is 1. The van der Waals surface area contributed by atoms with E-state index < -0.39 is 16.0 Å². The van der Waals surface area contributed by atoms with Gasteiger partial charge in [-0.3, -0.25) is 9.52 Å². The van der Waals surface area contributed by atoms with E-state index in [9.17, 15) is 13.2 Å². The molecule has 21 heavy (non-hydrogen) atoms. The van der Waals surface area contributed by atoms with Crippen molar-refractivity contribution >= 4 is 32.5 Å². The van der Waals surface area contributed by atoms with E-state index in [2.05, 4.69) is 9.46 Å². The van der Waals surface area contributed by atoms with Gasteiger partial charge in [-0.05, 0) is 29.3 Å². The van der Waals surface area contributed by atoms with Crippen molar-refractivity contribution < 1.29 is 17.9 Å². The van der Waals surface area contributed by atoms with E-state index in [0.717, 1.165) is 10.8 Å². The van der Waals surface area contributed by atoms with Crippen LogP contribution in [0.1, 0.15) is 12.8 Å². The number of rotatable bonds is 6. The van der Waals surface area contributed by atoms with Crippen LogP contribution in [0.3, 0.4) is 0 Å². The van der Waals surface area contributed by atoms with Crippen LogP contribution < -0.4 is 4.72 Å².